The van der Waals surface area contributed by atoms with Crippen LogP contribution in [0.25, 0.3) is 0 Å². The van der Waals surface area contributed by atoms with Crippen molar-refractivity contribution in [2.75, 3.05) is 0 Å². The maximum Gasteiger partial charge on any atom is 0.316 e. The Balaban J connectivity index is 0. The van der Waals surface area contributed by atoms with Crippen molar-refractivity contribution in [1.29, 1.82) is 0 Å². The van der Waals surface area contributed by atoms with Gasteiger partial charge in [-0.15, -0.1) is 0 Å². The summed E-state index contributed by atoms with van der Waals surface area (Å²) in [6.45, 7) is 7.74. The van der Waals surface area contributed by atoms with Gasteiger partial charge in [-0.1, -0.05) is 20.8 Å². The minimum absolute atomic E-state index is 0. The zero-order valence-corrected chi connectivity index (χ0v) is 11.9. The first kappa shape index (κ1) is 18.7. The molecule has 5 heteroatoms. The number of carbonyl (C=O) groups is 3. The molecular weight excluding hydrogens is 369 g/mol. The third kappa shape index (κ3) is 5.11. The number of Topliss-reactive ketones (excluding diaryl/α,β-unsaturated/α-hetero) is 2. The number of hydrogen-bond donors (Lipinski definition) is 1. The average molecular weight is 387 g/mol. The first-order valence-corrected chi connectivity index (χ1v) is 4.79. The van der Waals surface area contributed by atoms with Crippen LogP contribution in [-0.2, 0) is 14.4 Å². The number of aliphatic carboxylic acids is 1. The van der Waals surface area contributed by atoms with Gasteiger partial charge in [-0.25, -0.2) is 0 Å². The van der Waals surface area contributed by atoms with Crippen LogP contribution in [0.1, 0.15) is 41.0 Å². The molecule has 100 valence electrons. The molecule has 0 aliphatic carbocycles. The van der Waals surface area contributed by atoms with Gasteiger partial charge < -0.3 is 5.11 Å². The second kappa shape index (κ2) is 6.31. The third-order valence-corrected chi connectivity index (χ3v) is 2.39. The fourth-order valence-corrected chi connectivity index (χ4v) is 0.751. The Hall–Kier alpha value is 0.329. The summed E-state index contributed by atoms with van der Waals surface area (Å²) in [5.41, 5.74) is -2.09. The Bertz CT molecular complexity index is 300. The summed E-state index contributed by atoms with van der Waals surface area (Å²) in [6.07, 6.45) is -0.317. The largest absolute Gasteiger partial charge is 0.481 e. The maximum absolute atomic E-state index is 11.6. The van der Waals surface area contributed by atoms with Crippen molar-refractivity contribution in [3.8, 4) is 0 Å². The van der Waals surface area contributed by atoms with E-state index in [0.717, 1.165) is 0 Å². The van der Waals surface area contributed by atoms with Gasteiger partial charge in [0.15, 0.2) is 5.78 Å². The number of ketones is 2. The molecule has 0 aromatic heterocycles. The molecule has 0 atom stereocenters. The zero-order chi connectivity index (χ0) is 12.4. The van der Waals surface area contributed by atoms with Crippen molar-refractivity contribution in [2.45, 2.75) is 41.0 Å². The van der Waals surface area contributed by atoms with Crippen LogP contribution in [-0.4, -0.2) is 22.6 Å². The summed E-state index contributed by atoms with van der Waals surface area (Å²) in [4.78, 5) is 33.9. The van der Waals surface area contributed by atoms with Crippen LogP contribution in [0.5, 0.6) is 0 Å². The number of carboxylic acids is 1. The number of carbonyl (C=O) groups excluding carboxylic acids is 2. The summed E-state index contributed by atoms with van der Waals surface area (Å²) in [6, 6.07) is 0. The smallest absolute Gasteiger partial charge is 0.316 e. The molecule has 0 saturated heterocycles. The van der Waals surface area contributed by atoms with E-state index in [0.29, 0.717) is 0 Å². The van der Waals surface area contributed by atoms with Crippen LogP contribution in [0.15, 0.2) is 0 Å². The molecule has 0 radical (unpaired) electrons. The van der Waals surface area contributed by atoms with E-state index in [9.17, 15) is 14.4 Å². The van der Waals surface area contributed by atoms with Crippen LogP contribution in [0, 0.1) is 57.8 Å². The van der Waals surface area contributed by atoms with E-state index in [4.69, 9.17) is 5.11 Å². The molecular formula is C11H18O4Yb. The molecule has 0 aromatic carbocycles. The Kier molecular flexibility index (Phi) is 7.37. The minimum Gasteiger partial charge on any atom is -0.481 e. The Labute approximate surface area is 134 Å². The van der Waals surface area contributed by atoms with Crippen LogP contribution in [0.4, 0.5) is 0 Å². The normalized spacial score (nSPS) is 11.6. The molecule has 0 bridgehead atoms. The monoisotopic (exact) mass is 388 g/mol. The molecule has 16 heavy (non-hydrogen) atoms. The molecule has 4 nitrogen and oxygen atoms in total. The molecule has 0 unspecified atom stereocenters. The van der Waals surface area contributed by atoms with Crippen LogP contribution < -0.4 is 0 Å². The van der Waals surface area contributed by atoms with E-state index < -0.39 is 22.6 Å². The molecule has 0 amide bonds. The number of hydrogen-bond acceptors (Lipinski definition) is 3. The summed E-state index contributed by atoms with van der Waals surface area (Å²) < 4.78 is 0. The summed E-state index contributed by atoms with van der Waals surface area (Å²) in [5, 5.41) is 8.80. The summed E-state index contributed by atoms with van der Waals surface area (Å²) >= 11 is 0. The standard InChI is InChI=1S/C11H18O4.Yb/c1-10(2,3)7(12)6-8(13)11(4,5)9(14)15;/h6H2,1-5H3,(H,14,15);. The molecule has 0 aliphatic heterocycles. The molecule has 0 rings (SSSR count). The Morgan fingerprint density at radius 3 is 1.56 bits per heavy atom. The third-order valence-electron chi connectivity index (χ3n) is 2.39. The molecule has 1 N–H and O–H groups in total. The molecule has 0 fully saturated rings. The first-order valence-electron chi connectivity index (χ1n) is 4.79. The SMILES string of the molecule is CC(C)(C)C(=O)CC(=O)C(C)(C)C(=O)O.[Yb]. The molecule has 0 saturated carbocycles. The van der Waals surface area contributed by atoms with Gasteiger partial charge in [0, 0.05) is 52.3 Å². The van der Waals surface area contributed by atoms with Crippen molar-refractivity contribution in [3.05, 3.63) is 0 Å². The van der Waals surface area contributed by atoms with Gasteiger partial charge in [0.25, 0.3) is 0 Å². The predicted octanol–water partition coefficient (Wildman–Crippen LogP) is 1.67. The van der Waals surface area contributed by atoms with Gasteiger partial charge in [-0.2, -0.15) is 0 Å². The summed E-state index contributed by atoms with van der Waals surface area (Å²) in [5.74, 6) is -1.98. The quantitative estimate of drug-likeness (QED) is 0.745. The van der Waals surface area contributed by atoms with E-state index >= 15 is 0 Å². The van der Waals surface area contributed by atoms with Crippen molar-refractivity contribution < 1.29 is 66.4 Å². The fourth-order valence-electron chi connectivity index (χ4n) is 0.751. The van der Waals surface area contributed by atoms with E-state index in [2.05, 4.69) is 0 Å². The predicted molar refractivity (Wildman–Crippen MR) is 55.5 cm³/mol. The van der Waals surface area contributed by atoms with Crippen molar-refractivity contribution in [3.63, 3.8) is 0 Å². The van der Waals surface area contributed by atoms with E-state index in [1.807, 2.05) is 0 Å². The van der Waals surface area contributed by atoms with Gasteiger partial charge in [0.2, 0.25) is 0 Å². The minimum atomic E-state index is -1.49. The zero-order valence-electron chi connectivity index (χ0n) is 10.1. The topological polar surface area (TPSA) is 71.4 Å². The molecule has 0 aromatic rings. The second-order valence-electron chi connectivity index (χ2n) is 5.20. The second-order valence-corrected chi connectivity index (χ2v) is 5.20. The van der Waals surface area contributed by atoms with Gasteiger partial charge in [0.1, 0.15) is 11.2 Å². The van der Waals surface area contributed by atoms with Gasteiger partial charge in [0.05, 0.1) is 6.42 Å². The van der Waals surface area contributed by atoms with Gasteiger partial charge >= 0.3 is 5.97 Å². The van der Waals surface area contributed by atoms with E-state index in [-0.39, 0.29) is 59.1 Å². The molecule has 0 heterocycles. The Morgan fingerprint density at radius 2 is 1.31 bits per heavy atom. The van der Waals surface area contributed by atoms with E-state index in [1.54, 1.807) is 20.8 Å². The number of carboxylic acid groups (broad SMARTS) is 1. The maximum atomic E-state index is 11.6. The van der Waals surface area contributed by atoms with Crippen LogP contribution >= 0.6 is 0 Å². The van der Waals surface area contributed by atoms with E-state index in [1.165, 1.54) is 13.8 Å². The van der Waals surface area contributed by atoms with Crippen molar-refractivity contribution >= 4 is 17.5 Å². The summed E-state index contributed by atoms with van der Waals surface area (Å²) in [7, 11) is 0. The average Bonchev–Trinajstić information content (AvgIpc) is 2.01. The Morgan fingerprint density at radius 1 is 0.938 bits per heavy atom. The van der Waals surface area contributed by atoms with Gasteiger partial charge in [-0.3, -0.25) is 14.4 Å². The first-order chi connectivity index (χ1) is 6.49. The molecule has 0 spiro atoms. The fraction of sp³-hybridized carbons (Fsp3) is 0.727. The van der Waals surface area contributed by atoms with Gasteiger partial charge in [-0.05, 0) is 13.8 Å². The van der Waals surface area contributed by atoms with Crippen LogP contribution in [0.2, 0.25) is 0 Å². The van der Waals surface area contributed by atoms with Crippen molar-refractivity contribution in [1.82, 2.24) is 0 Å². The number of rotatable bonds is 4. The molecule has 0 aliphatic rings. The van der Waals surface area contributed by atoms with Crippen molar-refractivity contribution in [2.24, 2.45) is 10.8 Å². The van der Waals surface area contributed by atoms with Crippen LogP contribution in [0.3, 0.4) is 0 Å².